The molecule has 2 heterocycles. The van der Waals surface area contributed by atoms with Crippen molar-refractivity contribution in [3.63, 3.8) is 0 Å². The van der Waals surface area contributed by atoms with Crippen LogP contribution in [0.4, 0.5) is 5.13 Å². The number of carboxylic acids is 1. The number of unbranched alkanes of at least 4 members (excludes halogenated alkanes) is 1. The number of aromatic nitrogens is 1. The lowest BCUT2D eigenvalue weighted by Crippen LogP contribution is -2.20. The van der Waals surface area contributed by atoms with Gasteiger partial charge in [-0.05, 0) is 45.3 Å². The molecule has 1 fully saturated rings. The lowest BCUT2D eigenvalue weighted by atomic mass is 10.3. The number of aliphatic carboxylic acids is 1. The first-order valence-corrected chi connectivity index (χ1v) is 7.74. The maximum atomic E-state index is 10.5. The van der Waals surface area contributed by atoms with Gasteiger partial charge in [0.2, 0.25) is 0 Å². The van der Waals surface area contributed by atoms with E-state index in [4.69, 9.17) is 5.11 Å². The zero-order valence-electron chi connectivity index (χ0n) is 11.1. The van der Waals surface area contributed by atoms with Gasteiger partial charge >= 0.3 is 5.97 Å². The van der Waals surface area contributed by atoms with Crippen LogP contribution >= 0.6 is 11.3 Å². The SMILES string of the molecule is O=C(O)Cc1csc(NCCCCN2CCCC2)n1. The number of nitrogens with zero attached hydrogens (tertiary/aromatic N) is 2. The highest BCUT2D eigenvalue weighted by molar-refractivity contribution is 7.13. The van der Waals surface area contributed by atoms with Crippen LogP contribution in [0.25, 0.3) is 0 Å². The van der Waals surface area contributed by atoms with Gasteiger partial charge in [-0.15, -0.1) is 11.3 Å². The van der Waals surface area contributed by atoms with E-state index in [-0.39, 0.29) is 6.42 Å². The summed E-state index contributed by atoms with van der Waals surface area (Å²) in [7, 11) is 0. The first kappa shape index (κ1) is 14.3. The molecule has 1 saturated heterocycles. The molecule has 0 aliphatic carbocycles. The number of thiazole rings is 1. The van der Waals surface area contributed by atoms with Gasteiger partial charge in [0.1, 0.15) is 0 Å². The Morgan fingerprint density at radius 1 is 1.42 bits per heavy atom. The van der Waals surface area contributed by atoms with Crippen molar-refractivity contribution in [3.05, 3.63) is 11.1 Å². The van der Waals surface area contributed by atoms with Crippen LogP contribution in [-0.2, 0) is 11.2 Å². The zero-order valence-corrected chi connectivity index (χ0v) is 11.9. The summed E-state index contributed by atoms with van der Waals surface area (Å²) in [5.74, 6) is -0.831. The molecule has 1 aliphatic heterocycles. The molecule has 2 N–H and O–H groups in total. The molecule has 1 aromatic rings. The number of nitrogens with one attached hydrogen (secondary N) is 1. The molecule has 6 heteroatoms. The van der Waals surface area contributed by atoms with Crippen LogP contribution in [0.1, 0.15) is 31.4 Å². The summed E-state index contributed by atoms with van der Waals surface area (Å²) in [5, 5.41) is 14.6. The summed E-state index contributed by atoms with van der Waals surface area (Å²) in [5.41, 5.74) is 0.636. The molecule has 0 radical (unpaired) electrons. The lowest BCUT2D eigenvalue weighted by Gasteiger charge is -2.13. The monoisotopic (exact) mass is 283 g/mol. The Kier molecular flexibility index (Phi) is 5.60. The van der Waals surface area contributed by atoms with Gasteiger partial charge in [0.05, 0.1) is 12.1 Å². The van der Waals surface area contributed by atoms with Gasteiger partial charge in [0, 0.05) is 11.9 Å². The van der Waals surface area contributed by atoms with Crippen molar-refractivity contribution in [1.82, 2.24) is 9.88 Å². The third-order valence-electron chi connectivity index (χ3n) is 3.26. The molecule has 0 aromatic carbocycles. The van der Waals surface area contributed by atoms with E-state index in [1.807, 2.05) is 0 Å². The Morgan fingerprint density at radius 2 is 2.21 bits per heavy atom. The fourth-order valence-corrected chi connectivity index (χ4v) is 3.03. The second-order valence-corrected chi connectivity index (χ2v) is 5.76. The molecular formula is C13H21N3O2S. The van der Waals surface area contributed by atoms with Crippen LogP contribution in [0.15, 0.2) is 5.38 Å². The Morgan fingerprint density at radius 3 is 2.95 bits per heavy atom. The van der Waals surface area contributed by atoms with Crippen LogP contribution in [-0.4, -0.2) is 47.1 Å². The highest BCUT2D eigenvalue weighted by Crippen LogP contribution is 2.16. The molecule has 106 valence electrons. The summed E-state index contributed by atoms with van der Waals surface area (Å²) in [6.07, 6.45) is 5.05. The van der Waals surface area contributed by atoms with Crippen molar-refractivity contribution in [2.24, 2.45) is 0 Å². The van der Waals surface area contributed by atoms with Gasteiger partial charge in [-0.3, -0.25) is 4.79 Å². The topological polar surface area (TPSA) is 65.5 Å². The minimum absolute atomic E-state index is 0.00708. The number of carbonyl (C=O) groups is 1. The minimum atomic E-state index is -0.831. The lowest BCUT2D eigenvalue weighted by molar-refractivity contribution is -0.136. The van der Waals surface area contributed by atoms with E-state index >= 15 is 0 Å². The fraction of sp³-hybridized carbons (Fsp3) is 0.692. The highest BCUT2D eigenvalue weighted by atomic mass is 32.1. The van der Waals surface area contributed by atoms with E-state index in [2.05, 4.69) is 15.2 Å². The van der Waals surface area contributed by atoms with Gasteiger partial charge in [0.15, 0.2) is 5.13 Å². The van der Waals surface area contributed by atoms with Crippen LogP contribution in [0.3, 0.4) is 0 Å². The molecule has 0 bridgehead atoms. The third kappa shape index (κ3) is 5.16. The normalized spacial score (nSPS) is 15.8. The Labute approximate surface area is 117 Å². The molecule has 0 amide bonds. The molecule has 0 saturated carbocycles. The maximum Gasteiger partial charge on any atom is 0.309 e. The number of rotatable bonds is 8. The molecule has 1 aromatic heterocycles. The molecular weight excluding hydrogens is 262 g/mol. The van der Waals surface area contributed by atoms with Crippen LogP contribution in [0.2, 0.25) is 0 Å². The smallest absolute Gasteiger partial charge is 0.309 e. The van der Waals surface area contributed by atoms with Crippen molar-refractivity contribution in [2.75, 3.05) is 31.5 Å². The predicted octanol–water partition coefficient (Wildman–Crippen LogP) is 2.06. The first-order valence-electron chi connectivity index (χ1n) is 6.86. The summed E-state index contributed by atoms with van der Waals surface area (Å²) in [6, 6.07) is 0. The van der Waals surface area contributed by atoms with Gasteiger partial charge in [-0.25, -0.2) is 4.98 Å². The summed E-state index contributed by atoms with van der Waals surface area (Å²) >= 11 is 1.48. The van der Waals surface area contributed by atoms with Crippen LogP contribution < -0.4 is 5.32 Å². The number of likely N-dealkylation sites (tertiary alicyclic amines) is 1. The highest BCUT2D eigenvalue weighted by Gasteiger charge is 2.10. The fourth-order valence-electron chi connectivity index (χ4n) is 2.29. The predicted molar refractivity (Wildman–Crippen MR) is 76.9 cm³/mol. The molecule has 0 spiro atoms. The van der Waals surface area contributed by atoms with Gasteiger partial charge in [0.25, 0.3) is 0 Å². The first-order chi connectivity index (χ1) is 9.24. The Balaban J connectivity index is 1.57. The van der Waals surface area contributed by atoms with Gasteiger partial charge < -0.3 is 15.3 Å². The largest absolute Gasteiger partial charge is 0.481 e. The van der Waals surface area contributed by atoms with E-state index in [0.29, 0.717) is 5.69 Å². The molecule has 0 unspecified atom stereocenters. The number of hydrogen-bond acceptors (Lipinski definition) is 5. The number of carboxylic acid groups (broad SMARTS) is 1. The van der Waals surface area contributed by atoms with E-state index in [0.717, 1.165) is 18.1 Å². The van der Waals surface area contributed by atoms with Crippen molar-refractivity contribution >= 4 is 22.4 Å². The van der Waals surface area contributed by atoms with Gasteiger partial charge in [-0.2, -0.15) is 0 Å². The summed E-state index contributed by atoms with van der Waals surface area (Å²) in [6.45, 7) is 4.63. The molecule has 0 atom stereocenters. The minimum Gasteiger partial charge on any atom is -0.481 e. The van der Waals surface area contributed by atoms with E-state index < -0.39 is 5.97 Å². The molecule has 5 nitrogen and oxygen atoms in total. The zero-order chi connectivity index (χ0) is 13.5. The Bertz CT molecular complexity index is 402. The van der Waals surface area contributed by atoms with E-state index in [1.54, 1.807) is 5.38 Å². The van der Waals surface area contributed by atoms with E-state index in [1.165, 1.54) is 50.2 Å². The van der Waals surface area contributed by atoms with Crippen LogP contribution in [0, 0.1) is 0 Å². The van der Waals surface area contributed by atoms with Crippen molar-refractivity contribution < 1.29 is 9.90 Å². The average Bonchev–Trinajstić information content (AvgIpc) is 3.00. The van der Waals surface area contributed by atoms with Crippen LogP contribution in [0.5, 0.6) is 0 Å². The molecule has 19 heavy (non-hydrogen) atoms. The Hall–Kier alpha value is -1.14. The summed E-state index contributed by atoms with van der Waals surface area (Å²) in [4.78, 5) is 17.3. The summed E-state index contributed by atoms with van der Waals surface area (Å²) < 4.78 is 0. The average molecular weight is 283 g/mol. The second kappa shape index (κ2) is 7.45. The van der Waals surface area contributed by atoms with Crippen molar-refractivity contribution in [2.45, 2.75) is 32.1 Å². The number of hydrogen-bond donors (Lipinski definition) is 2. The standard InChI is InChI=1S/C13H21N3O2S/c17-12(18)9-11-10-19-13(15-11)14-5-1-2-6-16-7-3-4-8-16/h10H,1-9H2,(H,14,15)(H,17,18). The second-order valence-electron chi connectivity index (χ2n) is 4.90. The van der Waals surface area contributed by atoms with Crippen molar-refractivity contribution in [3.8, 4) is 0 Å². The molecule has 2 rings (SSSR count). The van der Waals surface area contributed by atoms with Gasteiger partial charge in [-0.1, -0.05) is 0 Å². The maximum absolute atomic E-state index is 10.5. The molecule has 1 aliphatic rings. The van der Waals surface area contributed by atoms with E-state index in [9.17, 15) is 4.79 Å². The van der Waals surface area contributed by atoms with Crippen molar-refractivity contribution in [1.29, 1.82) is 0 Å². The third-order valence-corrected chi connectivity index (χ3v) is 4.11. The quantitative estimate of drug-likeness (QED) is 0.715. The number of anilines is 1.